The Morgan fingerprint density at radius 1 is 1.16 bits per heavy atom. The number of hydrogen-bond acceptors (Lipinski definition) is 2. The molecule has 0 radical (unpaired) electrons. The van der Waals surface area contributed by atoms with Crippen LogP contribution in [0.4, 0.5) is 15.8 Å². The van der Waals surface area contributed by atoms with Gasteiger partial charge >= 0.3 is 0 Å². The minimum Gasteiger partial charge on any atom is -0.399 e. The van der Waals surface area contributed by atoms with Crippen molar-refractivity contribution in [3.05, 3.63) is 58.9 Å². The predicted octanol–water partition coefficient (Wildman–Crippen LogP) is 3.28. The van der Waals surface area contributed by atoms with E-state index in [9.17, 15) is 9.18 Å². The topological polar surface area (TPSA) is 55.1 Å². The van der Waals surface area contributed by atoms with Gasteiger partial charge in [-0.05, 0) is 55.3 Å². The number of rotatable bonds is 2. The second kappa shape index (κ2) is 5.10. The van der Waals surface area contributed by atoms with E-state index in [1.165, 1.54) is 6.07 Å². The molecule has 0 atom stereocenters. The number of anilines is 2. The van der Waals surface area contributed by atoms with Gasteiger partial charge in [-0.2, -0.15) is 0 Å². The fraction of sp³-hybridized carbons (Fsp3) is 0.133. The summed E-state index contributed by atoms with van der Waals surface area (Å²) in [6.45, 7) is 3.63. The van der Waals surface area contributed by atoms with Gasteiger partial charge in [0.15, 0.2) is 0 Å². The first-order valence-corrected chi connectivity index (χ1v) is 5.91. The summed E-state index contributed by atoms with van der Waals surface area (Å²) in [4.78, 5) is 12.1. The summed E-state index contributed by atoms with van der Waals surface area (Å²) in [5.74, 6) is -0.797. The zero-order valence-electron chi connectivity index (χ0n) is 10.8. The van der Waals surface area contributed by atoms with Crippen LogP contribution in [0.3, 0.4) is 0 Å². The summed E-state index contributed by atoms with van der Waals surface area (Å²) in [7, 11) is 0. The van der Waals surface area contributed by atoms with Crippen LogP contribution in [-0.4, -0.2) is 5.91 Å². The molecule has 3 N–H and O–H groups in total. The average molecular weight is 258 g/mol. The van der Waals surface area contributed by atoms with Crippen molar-refractivity contribution in [1.29, 1.82) is 0 Å². The predicted molar refractivity (Wildman–Crippen MR) is 74.7 cm³/mol. The Labute approximate surface area is 111 Å². The number of nitrogens with two attached hydrogens (primary N) is 1. The number of carbonyl (C=O) groups is 1. The number of halogens is 1. The minimum atomic E-state index is -0.452. The molecule has 2 aromatic rings. The highest BCUT2D eigenvalue weighted by atomic mass is 19.1. The first-order valence-electron chi connectivity index (χ1n) is 5.91. The van der Waals surface area contributed by atoms with Gasteiger partial charge in [-0.1, -0.05) is 6.07 Å². The van der Waals surface area contributed by atoms with Gasteiger partial charge in [-0.3, -0.25) is 4.79 Å². The van der Waals surface area contributed by atoms with E-state index in [1.54, 1.807) is 37.3 Å². The second-order valence-corrected chi connectivity index (χ2v) is 4.51. The third-order valence-electron chi connectivity index (χ3n) is 2.87. The van der Waals surface area contributed by atoms with Crippen LogP contribution in [0.25, 0.3) is 0 Å². The summed E-state index contributed by atoms with van der Waals surface area (Å²) in [6, 6.07) is 9.57. The molecule has 0 unspecified atom stereocenters. The van der Waals surface area contributed by atoms with Crippen molar-refractivity contribution in [2.24, 2.45) is 0 Å². The molecule has 0 aromatic heterocycles. The van der Waals surface area contributed by atoms with Gasteiger partial charge in [-0.15, -0.1) is 0 Å². The number of amides is 1. The van der Waals surface area contributed by atoms with Crippen LogP contribution < -0.4 is 11.1 Å². The highest BCUT2D eigenvalue weighted by Crippen LogP contribution is 2.18. The van der Waals surface area contributed by atoms with Crippen molar-refractivity contribution >= 4 is 17.3 Å². The van der Waals surface area contributed by atoms with E-state index in [-0.39, 0.29) is 11.6 Å². The van der Waals surface area contributed by atoms with Gasteiger partial charge < -0.3 is 11.1 Å². The van der Waals surface area contributed by atoms with Crippen molar-refractivity contribution in [3.8, 4) is 0 Å². The molecule has 0 fully saturated rings. The molecule has 3 nitrogen and oxygen atoms in total. The molecule has 1 amide bonds. The van der Waals surface area contributed by atoms with Crippen LogP contribution in [0.15, 0.2) is 36.4 Å². The molecule has 0 aliphatic carbocycles. The van der Waals surface area contributed by atoms with Crippen molar-refractivity contribution in [2.75, 3.05) is 11.1 Å². The number of nitrogen functional groups attached to an aromatic ring is 1. The first kappa shape index (κ1) is 13.1. The SMILES string of the molecule is Cc1ccc(F)c(NC(=O)c2ccc(N)cc2C)c1. The maximum atomic E-state index is 13.6. The standard InChI is InChI=1S/C15H15FN2O/c1-9-3-6-13(16)14(7-9)18-15(19)12-5-4-11(17)8-10(12)2/h3-8H,17H2,1-2H3,(H,18,19). The second-order valence-electron chi connectivity index (χ2n) is 4.51. The average Bonchev–Trinajstić information content (AvgIpc) is 2.33. The maximum absolute atomic E-state index is 13.6. The molecule has 2 aromatic carbocycles. The molecule has 0 aliphatic heterocycles. The van der Waals surface area contributed by atoms with Crippen LogP contribution >= 0.6 is 0 Å². The molecule has 0 saturated heterocycles. The Hall–Kier alpha value is -2.36. The van der Waals surface area contributed by atoms with E-state index in [1.807, 2.05) is 6.92 Å². The normalized spacial score (nSPS) is 10.3. The van der Waals surface area contributed by atoms with Crippen LogP contribution in [0, 0.1) is 19.7 Å². The molecule has 19 heavy (non-hydrogen) atoms. The van der Waals surface area contributed by atoms with Crippen LogP contribution in [0.2, 0.25) is 0 Å². The van der Waals surface area contributed by atoms with E-state index < -0.39 is 5.82 Å². The lowest BCUT2D eigenvalue weighted by Gasteiger charge is -2.09. The van der Waals surface area contributed by atoms with Gasteiger partial charge in [-0.25, -0.2) is 4.39 Å². The number of hydrogen-bond donors (Lipinski definition) is 2. The van der Waals surface area contributed by atoms with E-state index >= 15 is 0 Å². The molecule has 98 valence electrons. The summed E-state index contributed by atoms with van der Waals surface area (Å²) < 4.78 is 13.6. The summed E-state index contributed by atoms with van der Waals surface area (Å²) >= 11 is 0. The number of nitrogens with one attached hydrogen (secondary N) is 1. The lowest BCUT2D eigenvalue weighted by atomic mass is 10.1. The number of aryl methyl sites for hydroxylation is 2. The third-order valence-corrected chi connectivity index (χ3v) is 2.87. The summed E-state index contributed by atoms with van der Waals surface area (Å²) in [5, 5.41) is 2.57. The lowest BCUT2D eigenvalue weighted by Crippen LogP contribution is -2.14. The molecular weight excluding hydrogens is 243 g/mol. The zero-order chi connectivity index (χ0) is 14.0. The Balaban J connectivity index is 2.28. The maximum Gasteiger partial charge on any atom is 0.256 e. The smallest absolute Gasteiger partial charge is 0.256 e. The largest absolute Gasteiger partial charge is 0.399 e. The van der Waals surface area contributed by atoms with Crippen molar-refractivity contribution < 1.29 is 9.18 Å². The molecule has 0 aliphatic rings. The lowest BCUT2D eigenvalue weighted by molar-refractivity contribution is 0.102. The van der Waals surface area contributed by atoms with Gasteiger partial charge in [0.05, 0.1) is 5.69 Å². The molecule has 4 heteroatoms. The molecule has 0 heterocycles. The Morgan fingerprint density at radius 2 is 1.89 bits per heavy atom. The minimum absolute atomic E-state index is 0.182. The van der Waals surface area contributed by atoms with Gasteiger partial charge in [0, 0.05) is 11.3 Å². The third kappa shape index (κ3) is 2.91. The van der Waals surface area contributed by atoms with Crippen molar-refractivity contribution in [3.63, 3.8) is 0 Å². The zero-order valence-corrected chi connectivity index (χ0v) is 10.8. The highest BCUT2D eigenvalue weighted by molar-refractivity contribution is 6.05. The molecule has 0 bridgehead atoms. The number of carbonyl (C=O) groups excluding carboxylic acids is 1. The quantitative estimate of drug-likeness (QED) is 0.812. The van der Waals surface area contributed by atoms with Crippen LogP contribution in [0.1, 0.15) is 21.5 Å². The van der Waals surface area contributed by atoms with Crippen LogP contribution in [-0.2, 0) is 0 Å². The fourth-order valence-electron chi connectivity index (χ4n) is 1.87. The van der Waals surface area contributed by atoms with E-state index in [0.29, 0.717) is 11.3 Å². The van der Waals surface area contributed by atoms with E-state index in [0.717, 1.165) is 11.1 Å². The van der Waals surface area contributed by atoms with Gasteiger partial charge in [0.2, 0.25) is 0 Å². The Kier molecular flexibility index (Phi) is 3.51. The van der Waals surface area contributed by atoms with E-state index in [2.05, 4.69) is 5.32 Å². The monoisotopic (exact) mass is 258 g/mol. The van der Waals surface area contributed by atoms with Gasteiger partial charge in [0.1, 0.15) is 5.82 Å². The molecular formula is C15H15FN2O. The Bertz CT molecular complexity index is 638. The van der Waals surface area contributed by atoms with Crippen molar-refractivity contribution in [2.45, 2.75) is 13.8 Å². The number of benzene rings is 2. The molecule has 0 saturated carbocycles. The highest BCUT2D eigenvalue weighted by Gasteiger charge is 2.11. The summed E-state index contributed by atoms with van der Waals surface area (Å²) in [6.07, 6.45) is 0. The fourth-order valence-corrected chi connectivity index (χ4v) is 1.87. The van der Waals surface area contributed by atoms with E-state index in [4.69, 9.17) is 5.73 Å². The molecule has 2 rings (SSSR count). The Morgan fingerprint density at radius 3 is 2.58 bits per heavy atom. The van der Waals surface area contributed by atoms with Crippen LogP contribution in [0.5, 0.6) is 0 Å². The summed E-state index contributed by atoms with van der Waals surface area (Å²) in [5.41, 5.74) is 8.52. The molecule has 0 spiro atoms. The first-order chi connectivity index (χ1) is 8.97. The van der Waals surface area contributed by atoms with Gasteiger partial charge in [0.25, 0.3) is 5.91 Å². The van der Waals surface area contributed by atoms with Crippen molar-refractivity contribution in [1.82, 2.24) is 0 Å².